The SMILES string of the molecule is C=COC1CC2CC1C(O)C2OC. The van der Waals surface area contributed by atoms with E-state index in [1.807, 2.05) is 0 Å². The summed E-state index contributed by atoms with van der Waals surface area (Å²) in [6, 6.07) is 0. The summed E-state index contributed by atoms with van der Waals surface area (Å²) in [5.74, 6) is 0.711. The summed E-state index contributed by atoms with van der Waals surface area (Å²) in [5, 5.41) is 9.84. The molecule has 2 rings (SSSR count). The highest BCUT2D eigenvalue weighted by molar-refractivity contribution is 5.03. The third-order valence-corrected chi connectivity index (χ3v) is 3.37. The highest BCUT2D eigenvalue weighted by atomic mass is 16.5. The molecule has 0 aromatic heterocycles. The maximum absolute atomic E-state index is 9.84. The topological polar surface area (TPSA) is 38.7 Å². The lowest BCUT2D eigenvalue weighted by Crippen LogP contribution is -2.40. The van der Waals surface area contributed by atoms with E-state index in [2.05, 4.69) is 6.58 Å². The van der Waals surface area contributed by atoms with Crippen LogP contribution in [0.3, 0.4) is 0 Å². The Morgan fingerprint density at radius 2 is 2.23 bits per heavy atom. The molecule has 2 saturated carbocycles. The first-order chi connectivity index (χ1) is 6.27. The van der Waals surface area contributed by atoms with E-state index in [0.717, 1.165) is 12.8 Å². The summed E-state index contributed by atoms with van der Waals surface area (Å²) in [5.41, 5.74) is 0. The monoisotopic (exact) mass is 184 g/mol. The largest absolute Gasteiger partial charge is 0.498 e. The van der Waals surface area contributed by atoms with Crippen molar-refractivity contribution >= 4 is 0 Å². The summed E-state index contributed by atoms with van der Waals surface area (Å²) in [7, 11) is 1.66. The molecule has 0 saturated heterocycles. The number of rotatable bonds is 3. The first-order valence-corrected chi connectivity index (χ1v) is 4.75. The predicted octanol–water partition coefficient (Wildman–Crippen LogP) is 0.931. The molecular formula is C10H16O3. The van der Waals surface area contributed by atoms with Crippen LogP contribution in [0.15, 0.2) is 12.8 Å². The van der Waals surface area contributed by atoms with Gasteiger partial charge in [-0.25, -0.2) is 0 Å². The highest BCUT2D eigenvalue weighted by Crippen LogP contribution is 2.47. The van der Waals surface area contributed by atoms with Gasteiger partial charge in [0.05, 0.1) is 18.5 Å². The fourth-order valence-corrected chi connectivity index (χ4v) is 2.83. The molecule has 0 radical (unpaired) electrons. The summed E-state index contributed by atoms with van der Waals surface area (Å²) < 4.78 is 10.6. The van der Waals surface area contributed by atoms with Crippen LogP contribution in [0, 0.1) is 11.8 Å². The molecule has 1 N–H and O–H groups in total. The van der Waals surface area contributed by atoms with Crippen LogP contribution in [-0.2, 0) is 9.47 Å². The third kappa shape index (κ3) is 1.27. The Hall–Kier alpha value is -0.540. The summed E-state index contributed by atoms with van der Waals surface area (Å²) in [6.45, 7) is 3.54. The van der Waals surface area contributed by atoms with Crippen LogP contribution in [0.1, 0.15) is 12.8 Å². The Labute approximate surface area is 78.3 Å². The summed E-state index contributed by atoms with van der Waals surface area (Å²) in [6.07, 6.45) is 3.32. The number of hydrogen-bond acceptors (Lipinski definition) is 3. The molecule has 0 amide bonds. The molecule has 2 bridgehead atoms. The second-order valence-electron chi connectivity index (χ2n) is 3.93. The van der Waals surface area contributed by atoms with Crippen molar-refractivity contribution in [1.82, 2.24) is 0 Å². The van der Waals surface area contributed by atoms with Crippen molar-refractivity contribution in [3.8, 4) is 0 Å². The molecular weight excluding hydrogens is 168 g/mol. The summed E-state index contributed by atoms with van der Waals surface area (Å²) >= 11 is 0. The molecule has 3 nitrogen and oxygen atoms in total. The lowest BCUT2D eigenvalue weighted by atomic mass is 9.92. The zero-order valence-corrected chi connectivity index (χ0v) is 7.85. The Bertz CT molecular complexity index is 202. The summed E-state index contributed by atoms with van der Waals surface area (Å²) in [4.78, 5) is 0. The quantitative estimate of drug-likeness (QED) is 0.663. The van der Waals surface area contributed by atoms with E-state index in [-0.39, 0.29) is 24.2 Å². The van der Waals surface area contributed by atoms with Gasteiger partial charge in [-0.1, -0.05) is 6.58 Å². The lowest BCUT2D eigenvalue weighted by molar-refractivity contribution is -0.0792. The molecule has 0 aromatic rings. The Morgan fingerprint density at radius 1 is 1.46 bits per heavy atom. The van der Waals surface area contributed by atoms with E-state index < -0.39 is 0 Å². The van der Waals surface area contributed by atoms with Crippen LogP contribution in [0.2, 0.25) is 0 Å². The molecule has 3 heteroatoms. The Morgan fingerprint density at radius 3 is 2.77 bits per heavy atom. The van der Waals surface area contributed by atoms with Gasteiger partial charge >= 0.3 is 0 Å². The van der Waals surface area contributed by atoms with Crippen molar-refractivity contribution in [2.75, 3.05) is 7.11 Å². The second-order valence-corrected chi connectivity index (χ2v) is 3.93. The van der Waals surface area contributed by atoms with Gasteiger partial charge in [0.1, 0.15) is 6.10 Å². The molecule has 2 aliphatic rings. The van der Waals surface area contributed by atoms with E-state index in [1.165, 1.54) is 6.26 Å². The van der Waals surface area contributed by atoms with E-state index in [9.17, 15) is 5.11 Å². The molecule has 0 spiro atoms. The number of ether oxygens (including phenoxy) is 2. The van der Waals surface area contributed by atoms with Gasteiger partial charge in [-0.05, 0) is 18.8 Å². The minimum atomic E-state index is -0.353. The number of aliphatic hydroxyl groups excluding tert-OH is 1. The van der Waals surface area contributed by atoms with Crippen molar-refractivity contribution in [2.24, 2.45) is 11.8 Å². The van der Waals surface area contributed by atoms with E-state index in [4.69, 9.17) is 9.47 Å². The molecule has 5 atom stereocenters. The smallest absolute Gasteiger partial charge is 0.104 e. The van der Waals surface area contributed by atoms with Gasteiger partial charge in [-0.15, -0.1) is 0 Å². The standard InChI is InChI=1S/C10H16O3/c1-3-13-8-5-6-4-7(8)9(11)10(6)12-2/h3,6-11H,1,4-5H2,2H3. The van der Waals surface area contributed by atoms with Gasteiger partial charge in [-0.2, -0.15) is 0 Å². The second kappa shape index (κ2) is 3.31. The van der Waals surface area contributed by atoms with Crippen LogP contribution >= 0.6 is 0 Å². The lowest BCUT2D eigenvalue weighted by Gasteiger charge is -2.31. The van der Waals surface area contributed by atoms with Crippen molar-refractivity contribution in [2.45, 2.75) is 31.2 Å². The van der Waals surface area contributed by atoms with Crippen LogP contribution in [0.5, 0.6) is 0 Å². The molecule has 0 heterocycles. The van der Waals surface area contributed by atoms with Crippen molar-refractivity contribution in [1.29, 1.82) is 0 Å². The van der Waals surface area contributed by atoms with Gasteiger partial charge in [0.15, 0.2) is 0 Å². The predicted molar refractivity (Wildman–Crippen MR) is 48.1 cm³/mol. The maximum atomic E-state index is 9.84. The molecule has 0 aromatic carbocycles. The van der Waals surface area contributed by atoms with Gasteiger partial charge < -0.3 is 14.6 Å². The van der Waals surface area contributed by atoms with Crippen LogP contribution < -0.4 is 0 Å². The molecule has 5 unspecified atom stereocenters. The molecule has 74 valence electrons. The average molecular weight is 184 g/mol. The number of hydrogen-bond donors (Lipinski definition) is 1. The first kappa shape index (κ1) is 9.03. The van der Waals surface area contributed by atoms with Crippen LogP contribution in [0.4, 0.5) is 0 Å². The van der Waals surface area contributed by atoms with E-state index in [1.54, 1.807) is 7.11 Å². The minimum absolute atomic E-state index is 0.0228. The highest BCUT2D eigenvalue weighted by Gasteiger charge is 2.53. The van der Waals surface area contributed by atoms with E-state index >= 15 is 0 Å². The van der Waals surface area contributed by atoms with Crippen molar-refractivity contribution < 1.29 is 14.6 Å². The normalized spacial score (nSPS) is 48.0. The van der Waals surface area contributed by atoms with Gasteiger partial charge in [0.25, 0.3) is 0 Å². The molecule has 2 aliphatic carbocycles. The van der Waals surface area contributed by atoms with Gasteiger partial charge in [0, 0.05) is 13.0 Å². The maximum Gasteiger partial charge on any atom is 0.104 e. The number of aliphatic hydroxyl groups is 1. The van der Waals surface area contributed by atoms with Crippen LogP contribution in [0.25, 0.3) is 0 Å². The Kier molecular flexibility index (Phi) is 2.30. The minimum Gasteiger partial charge on any atom is -0.498 e. The van der Waals surface area contributed by atoms with Gasteiger partial charge in [-0.3, -0.25) is 0 Å². The molecule has 2 fully saturated rings. The van der Waals surface area contributed by atoms with Gasteiger partial charge in [0.2, 0.25) is 0 Å². The Balaban J connectivity index is 2.03. The average Bonchev–Trinajstić information content (AvgIpc) is 2.62. The third-order valence-electron chi connectivity index (χ3n) is 3.37. The molecule has 0 aliphatic heterocycles. The fraction of sp³-hybridized carbons (Fsp3) is 0.800. The molecule has 13 heavy (non-hydrogen) atoms. The van der Waals surface area contributed by atoms with Crippen molar-refractivity contribution in [3.63, 3.8) is 0 Å². The zero-order valence-electron chi connectivity index (χ0n) is 7.85. The first-order valence-electron chi connectivity index (χ1n) is 4.75. The number of methoxy groups -OCH3 is 1. The zero-order chi connectivity index (χ0) is 9.42. The fourth-order valence-electron chi connectivity index (χ4n) is 2.83. The van der Waals surface area contributed by atoms with E-state index in [0.29, 0.717) is 5.92 Å². The van der Waals surface area contributed by atoms with Crippen LogP contribution in [-0.4, -0.2) is 30.5 Å². The number of fused-ring (bicyclic) bond motifs is 2. The van der Waals surface area contributed by atoms with Crippen molar-refractivity contribution in [3.05, 3.63) is 12.8 Å².